The zero-order valence-corrected chi connectivity index (χ0v) is 7.77. The molecule has 1 aromatic rings. The average molecular weight is 178 g/mol. The number of aliphatic hydroxyl groups excluding tert-OH is 1. The van der Waals surface area contributed by atoms with Gasteiger partial charge < -0.3 is 5.11 Å². The molecule has 0 amide bonds. The lowest BCUT2D eigenvalue weighted by atomic mass is 9.82. The third kappa shape index (κ3) is 1.56. The first kappa shape index (κ1) is 8.63. The molecule has 1 fully saturated rings. The summed E-state index contributed by atoms with van der Waals surface area (Å²) in [7, 11) is 0. The number of rotatable bonds is 1. The maximum absolute atomic E-state index is 9.49. The summed E-state index contributed by atoms with van der Waals surface area (Å²) in [6.07, 6.45) is 7.85. The van der Waals surface area contributed by atoms with Crippen LogP contribution in [0.4, 0.5) is 0 Å². The Kier molecular flexibility index (Phi) is 2.04. The summed E-state index contributed by atoms with van der Waals surface area (Å²) in [5, 5.41) is 9.49. The van der Waals surface area contributed by atoms with Crippen molar-refractivity contribution in [3.8, 4) is 0 Å². The van der Waals surface area contributed by atoms with E-state index in [1.165, 1.54) is 6.33 Å². The molecule has 0 bridgehead atoms. The summed E-state index contributed by atoms with van der Waals surface area (Å²) in [5.74, 6) is 0. The van der Waals surface area contributed by atoms with Crippen molar-refractivity contribution in [1.82, 2.24) is 9.97 Å². The van der Waals surface area contributed by atoms with Gasteiger partial charge in [0.1, 0.15) is 6.33 Å². The summed E-state index contributed by atoms with van der Waals surface area (Å²) in [6.45, 7) is 2.17. The second-order valence-electron chi connectivity index (χ2n) is 4.08. The molecule has 0 saturated heterocycles. The van der Waals surface area contributed by atoms with Crippen LogP contribution in [0.5, 0.6) is 0 Å². The van der Waals surface area contributed by atoms with Crippen LogP contribution in [0, 0.1) is 0 Å². The predicted molar refractivity (Wildman–Crippen MR) is 49.2 cm³/mol. The van der Waals surface area contributed by atoms with Gasteiger partial charge in [-0.25, -0.2) is 9.97 Å². The lowest BCUT2D eigenvalue weighted by Gasteiger charge is -2.22. The zero-order chi connectivity index (χ0) is 9.31. The molecule has 1 saturated carbocycles. The van der Waals surface area contributed by atoms with E-state index in [9.17, 15) is 5.11 Å². The standard InChI is InChI=1S/C10H14N2O/c1-10(3-2-9(13)4-10)8-5-11-7-12-6-8/h5-7,9,13H,2-4H2,1H3. The lowest BCUT2D eigenvalue weighted by molar-refractivity contribution is 0.175. The van der Waals surface area contributed by atoms with Crippen LogP contribution < -0.4 is 0 Å². The molecule has 2 rings (SSSR count). The maximum Gasteiger partial charge on any atom is 0.115 e. The van der Waals surface area contributed by atoms with Gasteiger partial charge in [-0.3, -0.25) is 0 Å². The van der Waals surface area contributed by atoms with Gasteiger partial charge in [-0.05, 0) is 30.2 Å². The number of hydrogen-bond donors (Lipinski definition) is 1. The van der Waals surface area contributed by atoms with E-state index >= 15 is 0 Å². The Balaban J connectivity index is 2.26. The third-order valence-electron chi connectivity index (χ3n) is 2.97. The Hall–Kier alpha value is -0.960. The van der Waals surface area contributed by atoms with Crippen molar-refractivity contribution < 1.29 is 5.11 Å². The number of nitrogens with zero attached hydrogens (tertiary/aromatic N) is 2. The quantitative estimate of drug-likeness (QED) is 0.704. The molecular weight excluding hydrogens is 164 g/mol. The molecule has 1 N–H and O–H groups in total. The first-order valence-electron chi connectivity index (χ1n) is 4.64. The number of aromatic nitrogens is 2. The minimum atomic E-state index is -0.148. The normalized spacial score (nSPS) is 33.5. The van der Waals surface area contributed by atoms with Gasteiger partial charge in [0, 0.05) is 12.4 Å². The highest BCUT2D eigenvalue weighted by atomic mass is 16.3. The van der Waals surface area contributed by atoms with Gasteiger partial charge in [0.2, 0.25) is 0 Å². The van der Waals surface area contributed by atoms with Gasteiger partial charge in [-0.2, -0.15) is 0 Å². The van der Waals surface area contributed by atoms with Crippen LogP contribution >= 0.6 is 0 Å². The maximum atomic E-state index is 9.49. The fraction of sp³-hybridized carbons (Fsp3) is 0.600. The van der Waals surface area contributed by atoms with Crippen LogP contribution in [0.1, 0.15) is 31.7 Å². The largest absolute Gasteiger partial charge is 0.393 e. The Labute approximate surface area is 77.8 Å². The smallest absolute Gasteiger partial charge is 0.115 e. The molecule has 3 heteroatoms. The van der Waals surface area contributed by atoms with Crippen molar-refractivity contribution in [2.24, 2.45) is 0 Å². The zero-order valence-electron chi connectivity index (χ0n) is 7.77. The molecule has 1 heterocycles. The molecule has 70 valence electrons. The van der Waals surface area contributed by atoms with Gasteiger partial charge in [0.15, 0.2) is 0 Å². The topological polar surface area (TPSA) is 46.0 Å². The van der Waals surface area contributed by atoms with Crippen molar-refractivity contribution in [1.29, 1.82) is 0 Å². The van der Waals surface area contributed by atoms with E-state index in [1.807, 2.05) is 12.4 Å². The second-order valence-corrected chi connectivity index (χ2v) is 4.08. The van der Waals surface area contributed by atoms with Crippen molar-refractivity contribution in [3.63, 3.8) is 0 Å². The highest BCUT2D eigenvalue weighted by Crippen LogP contribution is 2.39. The van der Waals surface area contributed by atoms with Crippen molar-refractivity contribution in [2.75, 3.05) is 0 Å². The Morgan fingerprint density at radius 2 is 2.15 bits per heavy atom. The Morgan fingerprint density at radius 1 is 1.46 bits per heavy atom. The van der Waals surface area contributed by atoms with E-state index in [2.05, 4.69) is 16.9 Å². The number of aliphatic hydroxyl groups is 1. The molecular formula is C10H14N2O. The van der Waals surface area contributed by atoms with E-state index in [0.717, 1.165) is 24.8 Å². The van der Waals surface area contributed by atoms with Gasteiger partial charge in [0.05, 0.1) is 6.10 Å². The molecule has 2 atom stereocenters. The van der Waals surface area contributed by atoms with E-state index in [4.69, 9.17) is 0 Å². The molecule has 0 aliphatic heterocycles. The predicted octanol–water partition coefficient (Wildman–Crippen LogP) is 1.28. The molecule has 0 aromatic carbocycles. The van der Waals surface area contributed by atoms with E-state index in [-0.39, 0.29) is 11.5 Å². The third-order valence-corrected chi connectivity index (χ3v) is 2.97. The molecule has 0 spiro atoms. The van der Waals surface area contributed by atoms with Crippen LogP contribution in [-0.2, 0) is 5.41 Å². The van der Waals surface area contributed by atoms with Crippen LogP contribution in [0.3, 0.4) is 0 Å². The summed E-state index contributed by atoms with van der Waals surface area (Å²) in [6, 6.07) is 0. The highest BCUT2D eigenvalue weighted by Gasteiger charge is 2.35. The second kappa shape index (κ2) is 3.07. The molecule has 13 heavy (non-hydrogen) atoms. The summed E-state index contributed by atoms with van der Waals surface area (Å²) >= 11 is 0. The summed E-state index contributed by atoms with van der Waals surface area (Å²) in [4.78, 5) is 8.01. The lowest BCUT2D eigenvalue weighted by Crippen LogP contribution is -2.19. The number of hydrogen-bond acceptors (Lipinski definition) is 3. The fourth-order valence-corrected chi connectivity index (χ4v) is 2.08. The highest BCUT2D eigenvalue weighted by molar-refractivity contribution is 5.19. The van der Waals surface area contributed by atoms with Gasteiger partial charge in [-0.1, -0.05) is 6.92 Å². The first-order valence-corrected chi connectivity index (χ1v) is 4.64. The summed E-state index contributed by atoms with van der Waals surface area (Å²) in [5.41, 5.74) is 1.23. The Morgan fingerprint density at radius 3 is 2.69 bits per heavy atom. The van der Waals surface area contributed by atoms with Crippen LogP contribution in [0.15, 0.2) is 18.7 Å². The van der Waals surface area contributed by atoms with E-state index < -0.39 is 0 Å². The van der Waals surface area contributed by atoms with E-state index in [0.29, 0.717) is 0 Å². The van der Waals surface area contributed by atoms with Crippen LogP contribution in [0.25, 0.3) is 0 Å². The monoisotopic (exact) mass is 178 g/mol. The van der Waals surface area contributed by atoms with Crippen molar-refractivity contribution in [3.05, 3.63) is 24.3 Å². The molecule has 1 aliphatic rings. The van der Waals surface area contributed by atoms with Gasteiger partial charge in [0.25, 0.3) is 0 Å². The SMILES string of the molecule is CC1(c2cncnc2)CCC(O)C1. The van der Waals surface area contributed by atoms with Gasteiger partial charge >= 0.3 is 0 Å². The van der Waals surface area contributed by atoms with Gasteiger partial charge in [-0.15, -0.1) is 0 Å². The molecule has 1 aromatic heterocycles. The first-order chi connectivity index (χ1) is 6.21. The van der Waals surface area contributed by atoms with Crippen molar-refractivity contribution in [2.45, 2.75) is 37.7 Å². The van der Waals surface area contributed by atoms with E-state index in [1.54, 1.807) is 0 Å². The minimum absolute atomic E-state index is 0.0840. The molecule has 1 aliphatic carbocycles. The fourth-order valence-electron chi connectivity index (χ4n) is 2.08. The molecule has 2 unspecified atom stereocenters. The van der Waals surface area contributed by atoms with Crippen LogP contribution in [0.2, 0.25) is 0 Å². The van der Waals surface area contributed by atoms with Crippen molar-refractivity contribution >= 4 is 0 Å². The molecule has 3 nitrogen and oxygen atoms in total. The van der Waals surface area contributed by atoms with Crippen LogP contribution in [-0.4, -0.2) is 21.2 Å². The average Bonchev–Trinajstić information content (AvgIpc) is 2.49. The Bertz CT molecular complexity index is 288. The molecule has 0 radical (unpaired) electrons. The minimum Gasteiger partial charge on any atom is -0.393 e. The summed E-state index contributed by atoms with van der Waals surface area (Å²) < 4.78 is 0.